The summed E-state index contributed by atoms with van der Waals surface area (Å²) < 4.78 is 16.7. The lowest BCUT2D eigenvalue weighted by molar-refractivity contribution is -0.209. The maximum absolute atomic E-state index is 12.9. The molecule has 0 spiro atoms. The fraction of sp³-hybridized carbons (Fsp3) is 0.731. The van der Waals surface area contributed by atoms with Crippen LogP contribution in [-0.4, -0.2) is 129 Å². The van der Waals surface area contributed by atoms with E-state index < -0.39 is 115 Å². The van der Waals surface area contributed by atoms with E-state index in [-0.39, 0.29) is 25.9 Å². The van der Waals surface area contributed by atoms with Crippen LogP contribution in [0.3, 0.4) is 0 Å². The van der Waals surface area contributed by atoms with Crippen molar-refractivity contribution in [2.24, 2.45) is 5.73 Å². The molecule has 0 aromatic rings. The van der Waals surface area contributed by atoms with E-state index in [2.05, 4.69) is 21.3 Å². The number of carboxylic acids is 3. The number of carbonyl (C=O) groups excluding carboxylic acids is 4. The minimum absolute atomic E-state index is 0.0327. The summed E-state index contributed by atoms with van der Waals surface area (Å²) >= 11 is 0. The van der Waals surface area contributed by atoms with Crippen molar-refractivity contribution >= 4 is 41.5 Å². The van der Waals surface area contributed by atoms with E-state index in [4.69, 9.17) is 30.2 Å². The summed E-state index contributed by atoms with van der Waals surface area (Å²) in [5, 5.41) is 47.6. The summed E-state index contributed by atoms with van der Waals surface area (Å²) in [4.78, 5) is 84.1. The van der Waals surface area contributed by atoms with Crippen molar-refractivity contribution < 1.29 is 68.2 Å². The van der Waals surface area contributed by atoms with Gasteiger partial charge in [0.05, 0.1) is 6.61 Å². The molecule has 2 bridgehead atoms. The van der Waals surface area contributed by atoms with Gasteiger partial charge in [0, 0.05) is 13.3 Å². The molecule has 10 N–H and O–H groups in total. The Balaban J connectivity index is 2.01. The number of amides is 4. The van der Waals surface area contributed by atoms with Crippen molar-refractivity contribution in [1.82, 2.24) is 21.3 Å². The molecule has 2 rings (SSSR count). The molecule has 2 aliphatic heterocycles. The molecule has 1 unspecified atom stereocenters. The summed E-state index contributed by atoms with van der Waals surface area (Å²) in [7, 11) is 0. The number of hydrogen-bond acceptors (Lipinski definition) is 12. The van der Waals surface area contributed by atoms with Gasteiger partial charge in [0.1, 0.15) is 54.6 Å². The number of carboxylic acid groups (broad SMARTS) is 3. The first-order valence-corrected chi connectivity index (χ1v) is 14.2. The van der Waals surface area contributed by atoms with Gasteiger partial charge < -0.3 is 61.6 Å². The summed E-state index contributed by atoms with van der Waals surface area (Å²) in [6.45, 7) is 3.90. The number of aliphatic hydroxyl groups is 1. The molecule has 254 valence electrons. The second kappa shape index (κ2) is 17.0. The number of aliphatic carboxylic acids is 3. The highest BCUT2D eigenvalue weighted by Crippen LogP contribution is 2.30. The minimum Gasteiger partial charge on any atom is -0.481 e. The van der Waals surface area contributed by atoms with Gasteiger partial charge in [-0.05, 0) is 39.5 Å². The van der Waals surface area contributed by atoms with Crippen LogP contribution < -0.4 is 27.0 Å². The van der Waals surface area contributed by atoms with Gasteiger partial charge in [-0.15, -0.1) is 0 Å². The number of nitrogens with two attached hydrogens (primary N) is 1. The standard InChI is InChI=1S/C26H41N5O14/c1-10(28-22(37)11(2)44-20-18(29-12(3)32)26-43-9-16(45-26)19(20)35)21(36)30-14(7-8-17(33)34)23(38)31-15(25(41)42)6-4-5-13(27)24(39)40/h10-11,13-16,18-20,26,35H,4-9,27H2,1-3H3,(H,28,37)(H,29,32)(H,30,36)(H,31,38)(H,33,34)(H,39,40)(H,41,42)/t10-,11?,13+,14-,15-,16+,18+,19+,20+,26+/m0/s1. The number of hydrogen-bond donors (Lipinski definition) is 9. The smallest absolute Gasteiger partial charge is 0.326 e. The Morgan fingerprint density at radius 2 is 1.53 bits per heavy atom. The number of rotatable bonds is 18. The molecule has 2 heterocycles. The average molecular weight is 648 g/mol. The number of ether oxygens (including phenoxy) is 3. The molecule has 2 fully saturated rings. The van der Waals surface area contributed by atoms with Gasteiger partial charge in [-0.3, -0.25) is 28.8 Å². The van der Waals surface area contributed by atoms with Crippen molar-refractivity contribution in [1.29, 1.82) is 0 Å². The van der Waals surface area contributed by atoms with Crippen LogP contribution in [0.2, 0.25) is 0 Å². The van der Waals surface area contributed by atoms with E-state index in [1.165, 1.54) is 20.8 Å². The molecule has 19 heteroatoms. The van der Waals surface area contributed by atoms with Crippen LogP contribution in [0.1, 0.15) is 52.9 Å². The third kappa shape index (κ3) is 11.2. The molecule has 45 heavy (non-hydrogen) atoms. The van der Waals surface area contributed by atoms with Crippen LogP contribution >= 0.6 is 0 Å². The van der Waals surface area contributed by atoms with Crippen LogP contribution in [0.15, 0.2) is 0 Å². The van der Waals surface area contributed by atoms with E-state index in [0.717, 1.165) is 0 Å². The Kier molecular flexibility index (Phi) is 14.1. The van der Waals surface area contributed by atoms with Crippen LogP contribution in [0.25, 0.3) is 0 Å². The molecule has 0 aliphatic carbocycles. The van der Waals surface area contributed by atoms with Crippen molar-refractivity contribution in [3.63, 3.8) is 0 Å². The van der Waals surface area contributed by atoms with E-state index >= 15 is 0 Å². The summed E-state index contributed by atoms with van der Waals surface area (Å²) in [6, 6.07) is -6.45. The largest absolute Gasteiger partial charge is 0.481 e. The molecule has 0 radical (unpaired) electrons. The van der Waals surface area contributed by atoms with Gasteiger partial charge in [-0.1, -0.05) is 0 Å². The lowest BCUT2D eigenvalue weighted by Crippen LogP contribution is -2.62. The zero-order valence-electron chi connectivity index (χ0n) is 25.0. The van der Waals surface area contributed by atoms with Crippen LogP contribution in [0.5, 0.6) is 0 Å². The fourth-order valence-electron chi connectivity index (χ4n) is 4.66. The Morgan fingerprint density at radius 3 is 2.11 bits per heavy atom. The van der Waals surface area contributed by atoms with Gasteiger partial charge in [-0.2, -0.15) is 0 Å². The van der Waals surface area contributed by atoms with Crippen LogP contribution in [0, 0.1) is 0 Å². The SMILES string of the molecule is CC(=O)N[C@H]1[C@@H]2OC[C@@H](O2)[C@@H](O)[C@@H]1OC(C)C(=O)N[C@@H](C)C(=O)N[C@@H](CCC(=O)O)C(=O)N[C@@H](CCC[C@@H](N)C(=O)O)C(=O)O. The first-order chi connectivity index (χ1) is 21.0. The van der Waals surface area contributed by atoms with Crippen LogP contribution in [0.4, 0.5) is 0 Å². The molecule has 10 atom stereocenters. The van der Waals surface area contributed by atoms with Gasteiger partial charge in [0.15, 0.2) is 6.29 Å². The minimum atomic E-state index is -1.50. The van der Waals surface area contributed by atoms with E-state index in [0.29, 0.717) is 0 Å². The summed E-state index contributed by atoms with van der Waals surface area (Å²) in [5.74, 6) is -7.19. The zero-order chi connectivity index (χ0) is 34.0. The average Bonchev–Trinajstić information content (AvgIpc) is 3.41. The third-order valence-electron chi connectivity index (χ3n) is 7.17. The fourth-order valence-corrected chi connectivity index (χ4v) is 4.66. The molecule has 19 nitrogen and oxygen atoms in total. The highest BCUT2D eigenvalue weighted by molar-refractivity contribution is 5.94. The van der Waals surface area contributed by atoms with Gasteiger partial charge in [0.25, 0.3) is 0 Å². The molecule has 0 aromatic carbocycles. The summed E-state index contributed by atoms with van der Waals surface area (Å²) in [6.07, 6.45) is -6.48. The number of carbonyl (C=O) groups is 7. The molecule has 0 aromatic heterocycles. The molecule has 2 saturated heterocycles. The third-order valence-corrected chi connectivity index (χ3v) is 7.17. The van der Waals surface area contributed by atoms with Crippen molar-refractivity contribution in [3.05, 3.63) is 0 Å². The first kappa shape index (κ1) is 37.3. The number of fused-ring (bicyclic) bond motifs is 2. The zero-order valence-corrected chi connectivity index (χ0v) is 25.0. The Bertz CT molecular complexity index is 1120. The molecule has 0 saturated carbocycles. The van der Waals surface area contributed by atoms with Gasteiger partial charge in [0.2, 0.25) is 23.6 Å². The number of aliphatic hydroxyl groups excluding tert-OH is 1. The highest BCUT2D eigenvalue weighted by Gasteiger charge is 2.52. The predicted molar refractivity (Wildman–Crippen MR) is 148 cm³/mol. The maximum Gasteiger partial charge on any atom is 0.326 e. The second-order valence-corrected chi connectivity index (χ2v) is 10.8. The van der Waals surface area contributed by atoms with Crippen molar-refractivity contribution in [2.45, 2.75) is 114 Å². The Hall–Kier alpha value is -3.91. The summed E-state index contributed by atoms with van der Waals surface area (Å²) in [5.41, 5.74) is 5.41. The van der Waals surface area contributed by atoms with Crippen molar-refractivity contribution in [2.75, 3.05) is 6.61 Å². The maximum atomic E-state index is 12.9. The lowest BCUT2D eigenvalue weighted by Gasteiger charge is -2.39. The monoisotopic (exact) mass is 647 g/mol. The Morgan fingerprint density at radius 1 is 0.889 bits per heavy atom. The molecule has 4 amide bonds. The highest BCUT2D eigenvalue weighted by atomic mass is 16.7. The normalized spacial score (nSPS) is 25.5. The van der Waals surface area contributed by atoms with Gasteiger partial charge >= 0.3 is 17.9 Å². The van der Waals surface area contributed by atoms with Crippen LogP contribution in [-0.2, 0) is 47.8 Å². The van der Waals surface area contributed by atoms with E-state index in [1.54, 1.807) is 0 Å². The molecular formula is C26H41N5O14. The number of nitrogens with one attached hydrogen (secondary N) is 4. The second-order valence-electron chi connectivity index (χ2n) is 10.8. The Labute approximate surface area is 257 Å². The topological polar surface area (TPSA) is 302 Å². The molecule has 2 aliphatic rings. The quantitative estimate of drug-likeness (QED) is 0.0694. The van der Waals surface area contributed by atoms with E-state index in [1.807, 2.05) is 0 Å². The van der Waals surface area contributed by atoms with Crippen molar-refractivity contribution in [3.8, 4) is 0 Å². The van der Waals surface area contributed by atoms with Gasteiger partial charge in [-0.25, -0.2) is 4.79 Å². The lowest BCUT2D eigenvalue weighted by atomic mass is 9.98. The first-order valence-electron chi connectivity index (χ1n) is 14.2. The predicted octanol–water partition coefficient (Wildman–Crippen LogP) is -3.61. The molecular weight excluding hydrogens is 606 g/mol. The van der Waals surface area contributed by atoms with E-state index in [9.17, 15) is 43.8 Å².